The van der Waals surface area contributed by atoms with Gasteiger partial charge in [-0.05, 0) is 31.0 Å². The van der Waals surface area contributed by atoms with Crippen LogP contribution in [-0.4, -0.2) is 53.2 Å². The van der Waals surface area contributed by atoms with E-state index in [0.29, 0.717) is 54.1 Å². The molecule has 136 valence electrons. The number of rotatable bonds is 2. The van der Waals surface area contributed by atoms with E-state index in [0.717, 1.165) is 0 Å². The molecule has 0 radical (unpaired) electrons. The first-order chi connectivity index (χ1) is 12.5. The van der Waals surface area contributed by atoms with Crippen LogP contribution in [0.5, 0.6) is 0 Å². The SMILES string of the molecule is O=C(O)C1CN(C(=O)c2c(Cl)ccc3ncccc23)CC12CCOCC2. The van der Waals surface area contributed by atoms with E-state index in [1.807, 2.05) is 6.07 Å². The van der Waals surface area contributed by atoms with Crippen LogP contribution in [0, 0.1) is 11.3 Å². The molecule has 2 aliphatic heterocycles. The topological polar surface area (TPSA) is 79.7 Å². The van der Waals surface area contributed by atoms with Crippen LogP contribution < -0.4 is 0 Å². The maximum absolute atomic E-state index is 13.3. The van der Waals surface area contributed by atoms with Crippen LogP contribution in [0.1, 0.15) is 23.2 Å². The van der Waals surface area contributed by atoms with Gasteiger partial charge in [0, 0.05) is 43.3 Å². The van der Waals surface area contributed by atoms with Crippen molar-refractivity contribution in [2.24, 2.45) is 11.3 Å². The van der Waals surface area contributed by atoms with E-state index >= 15 is 0 Å². The molecule has 7 heteroatoms. The number of nitrogens with zero attached hydrogens (tertiary/aromatic N) is 2. The van der Waals surface area contributed by atoms with Gasteiger partial charge in [0.15, 0.2) is 0 Å². The van der Waals surface area contributed by atoms with Gasteiger partial charge in [-0.15, -0.1) is 0 Å². The van der Waals surface area contributed by atoms with E-state index in [2.05, 4.69) is 4.98 Å². The first-order valence-electron chi connectivity index (χ1n) is 8.65. The molecule has 1 aromatic carbocycles. The summed E-state index contributed by atoms with van der Waals surface area (Å²) in [6.45, 7) is 1.68. The van der Waals surface area contributed by atoms with Gasteiger partial charge in [-0.1, -0.05) is 17.7 Å². The molecule has 0 aliphatic carbocycles. The van der Waals surface area contributed by atoms with E-state index in [1.165, 1.54) is 0 Å². The van der Waals surface area contributed by atoms with Crippen LogP contribution in [0.3, 0.4) is 0 Å². The first-order valence-corrected chi connectivity index (χ1v) is 9.03. The Morgan fingerprint density at radius 3 is 2.77 bits per heavy atom. The minimum absolute atomic E-state index is 0.196. The number of hydrogen-bond acceptors (Lipinski definition) is 4. The Bertz CT molecular complexity index is 879. The number of carboxylic acids is 1. The second-order valence-corrected chi connectivity index (χ2v) is 7.45. The second-order valence-electron chi connectivity index (χ2n) is 7.04. The Labute approximate surface area is 155 Å². The average molecular weight is 375 g/mol. The summed E-state index contributed by atoms with van der Waals surface area (Å²) in [5, 5.41) is 10.8. The molecule has 2 saturated heterocycles. The summed E-state index contributed by atoms with van der Waals surface area (Å²) in [4.78, 5) is 31.0. The summed E-state index contributed by atoms with van der Waals surface area (Å²) in [7, 11) is 0. The fourth-order valence-electron chi connectivity index (χ4n) is 4.25. The Balaban J connectivity index is 1.72. The minimum Gasteiger partial charge on any atom is -0.481 e. The van der Waals surface area contributed by atoms with Crippen molar-refractivity contribution in [3.05, 3.63) is 41.0 Å². The number of amides is 1. The van der Waals surface area contributed by atoms with Crippen molar-refractivity contribution in [2.45, 2.75) is 12.8 Å². The molecule has 2 fully saturated rings. The molecule has 1 unspecified atom stereocenters. The lowest BCUT2D eigenvalue weighted by Crippen LogP contribution is -2.40. The number of benzene rings is 1. The summed E-state index contributed by atoms with van der Waals surface area (Å²) >= 11 is 6.34. The fraction of sp³-hybridized carbons (Fsp3) is 0.421. The molecule has 3 heterocycles. The number of aromatic nitrogens is 1. The third kappa shape index (κ3) is 2.73. The zero-order valence-electron chi connectivity index (χ0n) is 14.2. The molecule has 4 rings (SSSR count). The van der Waals surface area contributed by atoms with Gasteiger partial charge in [0.2, 0.25) is 0 Å². The predicted octanol–water partition coefficient (Wildman–Crippen LogP) is 2.84. The number of hydrogen-bond donors (Lipinski definition) is 1. The molecule has 1 spiro atoms. The smallest absolute Gasteiger partial charge is 0.308 e. The minimum atomic E-state index is -0.854. The van der Waals surface area contributed by atoms with Crippen LogP contribution in [0.4, 0.5) is 0 Å². The highest BCUT2D eigenvalue weighted by Gasteiger charge is 2.52. The van der Waals surface area contributed by atoms with Crippen molar-refractivity contribution in [2.75, 3.05) is 26.3 Å². The van der Waals surface area contributed by atoms with Gasteiger partial charge >= 0.3 is 5.97 Å². The van der Waals surface area contributed by atoms with Crippen molar-refractivity contribution >= 4 is 34.4 Å². The van der Waals surface area contributed by atoms with Crippen molar-refractivity contribution < 1.29 is 19.4 Å². The van der Waals surface area contributed by atoms with Gasteiger partial charge in [0.05, 0.1) is 22.0 Å². The molecular formula is C19H19ClN2O4. The number of halogens is 1. The molecule has 1 aromatic heterocycles. The number of likely N-dealkylation sites (tertiary alicyclic amines) is 1. The van der Waals surface area contributed by atoms with E-state index < -0.39 is 17.3 Å². The predicted molar refractivity (Wildman–Crippen MR) is 96.3 cm³/mol. The van der Waals surface area contributed by atoms with Gasteiger partial charge in [-0.2, -0.15) is 0 Å². The third-order valence-corrected chi connectivity index (χ3v) is 5.98. The van der Waals surface area contributed by atoms with Crippen molar-refractivity contribution in [1.29, 1.82) is 0 Å². The van der Waals surface area contributed by atoms with Crippen molar-refractivity contribution in [3.63, 3.8) is 0 Å². The van der Waals surface area contributed by atoms with Gasteiger partial charge in [0.1, 0.15) is 0 Å². The van der Waals surface area contributed by atoms with Gasteiger partial charge < -0.3 is 14.7 Å². The van der Waals surface area contributed by atoms with E-state index in [4.69, 9.17) is 16.3 Å². The first kappa shape index (κ1) is 17.2. The highest BCUT2D eigenvalue weighted by molar-refractivity contribution is 6.35. The number of aliphatic carboxylic acids is 1. The highest BCUT2D eigenvalue weighted by atomic mass is 35.5. The number of carbonyl (C=O) groups is 2. The number of carbonyl (C=O) groups excluding carboxylic acids is 1. The molecule has 26 heavy (non-hydrogen) atoms. The Hall–Kier alpha value is -2.18. The third-order valence-electron chi connectivity index (χ3n) is 5.67. The summed E-state index contributed by atoms with van der Waals surface area (Å²) < 4.78 is 5.42. The lowest BCUT2D eigenvalue weighted by Gasteiger charge is -2.36. The van der Waals surface area contributed by atoms with E-state index in [1.54, 1.807) is 29.3 Å². The van der Waals surface area contributed by atoms with Gasteiger partial charge in [0.25, 0.3) is 5.91 Å². The van der Waals surface area contributed by atoms with Gasteiger partial charge in [-0.3, -0.25) is 14.6 Å². The molecule has 1 atom stereocenters. The quantitative estimate of drug-likeness (QED) is 0.874. The lowest BCUT2D eigenvalue weighted by atomic mass is 9.72. The summed E-state index contributed by atoms with van der Waals surface area (Å²) in [6, 6.07) is 7.02. The normalized spacial score (nSPS) is 22.0. The number of ether oxygens (including phenoxy) is 1. The molecule has 0 saturated carbocycles. The largest absolute Gasteiger partial charge is 0.481 e. The number of pyridine rings is 1. The molecule has 1 amide bonds. The molecule has 0 bridgehead atoms. The van der Waals surface area contributed by atoms with Crippen molar-refractivity contribution in [3.8, 4) is 0 Å². The zero-order chi connectivity index (χ0) is 18.3. The standard InChI is InChI=1S/C19H19ClN2O4/c20-14-3-4-15-12(2-1-7-21-15)16(14)17(23)22-10-13(18(24)25)19(11-22)5-8-26-9-6-19/h1-4,7,13H,5-6,8-11H2,(H,24,25). The van der Waals surface area contributed by atoms with Crippen LogP contribution in [0.25, 0.3) is 10.9 Å². The Morgan fingerprint density at radius 2 is 2.04 bits per heavy atom. The Morgan fingerprint density at radius 1 is 1.27 bits per heavy atom. The van der Waals surface area contributed by atoms with Crippen LogP contribution in [-0.2, 0) is 9.53 Å². The highest BCUT2D eigenvalue weighted by Crippen LogP contribution is 2.45. The molecule has 1 N–H and O–H groups in total. The summed E-state index contributed by atoms with van der Waals surface area (Å²) in [5.41, 5.74) is 0.662. The lowest BCUT2D eigenvalue weighted by molar-refractivity contribution is -0.146. The zero-order valence-corrected chi connectivity index (χ0v) is 14.9. The molecule has 2 aliphatic rings. The van der Waals surface area contributed by atoms with Crippen molar-refractivity contribution in [1.82, 2.24) is 9.88 Å². The maximum Gasteiger partial charge on any atom is 0.308 e. The van der Waals surface area contributed by atoms with Crippen LogP contribution in [0.15, 0.2) is 30.5 Å². The monoisotopic (exact) mass is 374 g/mol. The number of carboxylic acid groups (broad SMARTS) is 1. The van der Waals surface area contributed by atoms with Gasteiger partial charge in [-0.25, -0.2) is 0 Å². The average Bonchev–Trinajstić information content (AvgIpc) is 3.01. The molecule has 6 nitrogen and oxygen atoms in total. The molecular weight excluding hydrogens is 356 g/mol. The fourth-order valence-corrected chi connectivity index (χ4v) is 4.50. The van der Waals surface area contributed by atoms with Crippen LogP contribution in [0.2, 0.25) is 5.02 Å². The Kier molecular flexibility index (Phi) is 4.32. The summed E-state index contributed by atoms with van der Waals surface area (Å²) in [5.74, 6) is -1.67. The van der Waals surface area contributed by atoms with E-state index in [9.17, 15) is 14.7 Å². The van der Waals surface area contributed by atoms with E-state index in [-0.39, 0.29) is 12.5 Å². The maximum atomic E-state index is 13.3. The number of fused-ring (bicyclic) bond motifs is 1. The molecule has 2 aromatic rings. The van der Waals surface area contributed by atoms with Crippen LogP contribution >= 0.6 is 11.6 Å². The second kappa shape index (κ2) is 6.52. The summed E-state index contributed by atoms with van der Waals surface area (Å²) in [6.07, 6.45) is 2.97.